The molecular formula is C14H30KO-. The Morgan fingerprint density at radius 3 is 1.94 bits per heavy atom. The SMILES string of the molecule is [CH2-]C(C)(C)COCC(C)(C)CCCC.[CH3-].[K+]. The molecular weight excluding hydrogens is 223 g/mol. The second-order valence-corrected chi connectivity index (χ2v) is 5.92. The fraction of sp³-hybridized carbons (Fsp3) is 0.857. The maximum Gasteiger partial charge on any atom is 1.00 e. The number of rotatable bonds is 7. The first-order valence-corrected chi connectivity index (χ1v) is 5.70. The van der Waals surface area contributed by atoms with Crippen LogP contribution in [0.25, 0.3) is 0 Å². The van der Waals surface area contributed by atoms with Gasteiger partial charge in [0, 0.05) is 6.61 Å². The van der Waals surface area contributed by atoms with Crippen LogP contribution in [-0.2, 0) is 4.74 Å². The standard InChI is InChI=1S/C13H27O.CH3.K/c1-7-8-9-13(5,6)11-14-10-12(2,3)4;;/h2,7-11H2,1,3-6H3;1H3;/q2*-1;+1. The molecule has 0 saturated carbocycles. The molecule has 0 aromatic rings. The van der Waals surface area contributed by atoms with Crippen molar-refractivity contribution in [1.29, 1.82) is 0 Å². The smallest absolute Gasteiger partial charge is 0.383 e. The van der Waals surface area contributed by atoms with Crippen molar-refractivity contribution in [3.8, 4) is 0 Å². The van der Waals surface area contributed by atoms with Crippen molar-refractivity contribution in [3.05, 3.63) is 14.4 Å². The molecule has 0 rings (SSSR count). The van der Waals surface area contributed by atoms with E-state index in [1.165, 1.54) is 19.3 Å². The summed E-state index contributed by atoms with van der Waals surface area (Å²) in [7, 11) is 0. The summed E-state index contributed by atoms with van der Waals surface area (Å²) in [5.74, 6) is 0. The van der Waals surface area contributed by atoms with Crippen LogP contribution < -0.4 is 51.4 Å². The van der Waals surface area contributed by atoms with E-state index < -0.39 is 0 Å². The monoisotopic (exact) mass is 253 g/mol. The Hall–Kier alpha value is 1.60. The van der Waals surface area contributed by atoms with Crippen LogP contribution in [0.4, 0.5) is 0 Å². The fourth-order valence-electron chi connectivity index (χ4n) is 1.33. The van der Waals surface area contributed by atoms with E-state index in [1.807, 2.05) is 0 Å². The van der Waals surface area contributed by atoms with E-state index in [0.717, 1.165) is 13.2 Å². The Bertz CT molecular complexity index is 147. The Kier molecular flexibility index (Phi) is 14.9. The van der Waals surface area contributed by atoms with Gasteiger partial charge in [0.15, 0.2) is 0 Å². The molecule has 0 bridgehead atoms. The first-order valence-electron chi connectivity index (χ1n) is 5.70. The topological polar surface area (TPSA) is 9.23 Å². The Morgan fingerprint density at radius 1 is 1.06 bits per heavy atom. The number of hydrogen-bond acceptors (Lipinski definition) is 1. The summed E-state index contributed by atoms with van der Waals surface area (Å²) in [6, 6.07) is 0. The van der Waals surface area contributed by atoms with Gasteiger partial charge in [-0.25, -0.2) is 0 Å². The molecule has 0 N–H and O–H groups in total. The van der Waals surface area contributed by atoms with Gasteiger partial charge >= 0.3 is 51.4 Å². The van der Waals surface area contributed by atoms with E-state index in [4.69, 9.17) is 4.74 Å². The predicted molar refractivity (Wildman–Crippen MR) is 69.7 cm³/mol. The second-order valence-electron chi connectivity index (χ2n) is 5.92. The third-order valence-corrected chi connectivity index (χ3v) is 2.19. The van der Waals surface area contributed by atoms with E-state index in [1.54, 1.807) is 0 Å². The van der Waals surface area contributed by atoms with Gasteiger partial charge in [0.05, 0.1) is 6.61 Å². The second kappa shape index (κ2) is 10.5. The molecule has 0 amide bonds. The molecule has 0 radical (unpaired) electrons. The van der Waals surface area contributed by atoms with Gasteiger partial charge in [0.2, 0.25) is 0 Å². The van der Waals surface area contributed by atoms with Gasteiger partial charge in [0.1, 0.15) is 0 Å². The molecule has 0 unspecified atom stereocenters. The predicted octanol–water partition coefficient (Wildman–Crippen LogP) is 1.53. The van der Waals surface area contributed by atoms with Crippen molar-refractivity contribution in [2.75, 3.05) is 13.2 Å². The van der Waals surface area contributed by atoms with Gasteiger partial charge in [-0.2, -0.15) is 0 Å². The summed E-state index contributed by atoms with van der Waals surface area (Å²) < 4.78 is 5.70. The average molecular weight is 253 g/mol. The third kappa shape index (κ3) is 15.6. The Morgan fingerprint density at radius 2 is 1.56 bits per heavy atom. The number of ether oxygens (including phenoxy) is 1. The maximum absolute atomic E-state index is 5.70. The molecule has 0 spiro atoms. The minimum atomic E-state index is 0. The van der Waals surface area contributed by atoms with Gasteiger partial charge in [-0.1, -0.05) is 47.5 Å². The molecule has 0 heterocycles. The van der Waals surface area contributed by atoms with Crippen LogP contribution in [0, 0.1) is 25.2 Å². The molecule has 0 saturated heterocycles. The van der Waals surface area contributed by atoms with Crippen molar-refractivity contribution in [3.63, 3.8) is 0 Å². The summed E-state index contributed by atoms with van der Waals surface area (Å²) >= 11 is 0. The van der Waals surface area contributed by atoms with Crippen LogP contribution in [0.15, 0.2) is 0 Å². The minimum absolute atomic E-state index is 0. The molecule has 2 heteroatoms. The molecule has 1 nitrogen and oxygen atoms in total. The van der Waals surface area contributed by atoms with Crippen molar-refractivity contribution < 1.29 is 56.1 Å². The van der Waals surface area contributed by atoms with Crippen LogP contribution in [0.2, 0.25) is 0 Å². The Labute approximate surface area is 147 Å². The van der Waals surface area contributed by atoms with Gasteiger partial charge in [-0.05, 0) is 11.8 Å². The van der Waals surface area contributed by atoms with Gasteiger partial charge in [-0.3, -0.25) is 0 Å². The van der Waals surface area contributed by atoms with E-state index in [0.29, 0.717) is 5.41 Å². The molecule has 0 aliphatic heterocycles. The van der Waals surface area contributed by atoms with Crippen LogP contribution in [0.5, 0.6) is 0 Å². The molecule has 0 atom stereocenters. The van der Waals surface area contributed by atoms with Crippen molar-refractivity contribution in [2.24, 2.45) is 10.8 Å². The zero-order chi connectivity index (χ0) is 11.2. The average Bonchev–Trinajstić information content (AvgIpc) is 1.98. The summed E-state index contributed by atoms with van der Waals surface area (Å²) in [5.41, 5.74) is 0.363. The fourth-order valence-corrected chi connectivity index (χ4v) is 1.33. The van der Waals surface area contributed by atoms with E-state index >= 15 is 0 Å². The van der Waals surface area contributed by atoms with Crippen LogP contribution in [0.3, 0.4) is 0 Å². The van der Waals surface area contributed by atoms with E-state index in [2.05, 4.69) is 41.5 Å². The third-order valence-electron chi connectivity index (χ3n) is 2.19. The molecule has 16 heavy (non-hydrogen) atoms. The first kappa shape index (κ1) is 22.7. The summed E-state index contributed by atoms with van der Waals surface area (Å²) in [5, 5.41) is 0. The van der Waals surface area contributed by atoms with Crippen molar-refractivity contribution in [1.82, 2.24) is 0 Å². The summed E-state index contributed by atoms with van der Waals surface area (Å²) in [4.78, 5) is 0. The zero-order valence-corrected chi connectivity index (χ0v) is 15.8. The van der Waals surface area contributed by atoms with Gasteiger partial charge in [-0.15, -0.1) is 5.41 Å². The molecule has 0 fully saturated rings. The zero-order valence-electron chi connectivity index (χ0n) is 12.7. The van der Waals surface area contributed by atoms with Crippen molar-refractivity contribution in [2.45, 2.75) is 53.9 Å². The number of hydrogen-bond donors (Lipinski definition) is 0. The van der Waals surface area contributed by atoms with E-state index in [9.17, 15) is 0 Å². The van der Waals surface area contributed by atoms with E-state index in [-0.39, 0.29) is 64.2 Å². The van der Waals surface area contributed by atoms with Crippen molar-refractivity contribution >= 4 is 0 Å². The molecule has 0 aromatic carbocycles. The summed E-state index contributed by atoms with van der Waals surface area (Å²) in [6.45, 7) is 16.6. The van der Waals surface area contributed by atoms with Crippen LogP contribution in [0.1, 0.15) is 53.9 Å². The normalized spacial score (nSPS) is 11.6. The van der Waals surface area contributed by atoms with Crippen LogP contribution in [-0.4, -0.2) is 13.2 Å². The first-order chi connectivity index (χ1) is 6.27. The molecule has 0 aliphatic carbocycles. The minimum Gasteiger partial charge on any atom is -0.383 e. The van der Waals surface area contributed by atoms with Gasteiger partial charge < -0.3 is 19.1 Å². The largest absolute Gasteiger partial charge is 1.00 e. The van der Waals surface area contributed by atoms with Crippen LogP contribution >= 0.6 is 0 Å². The maximum atomic E-state index is 5.70. The molecule has 0 aromatic heterocycles. The molecule has 94 valence electrons. The number of unbranched alkanes of at least 4 members (excludes halogenated alkanes) is 1. The summed E-state index contributed by atoms with van der Waals surface area (Å²) in [6.07, 6.45) is 3.81. The Balaban J connectivity index is -0.000000845. The van der Waals surface area contributed by atoms with Gasteiger partial charge in [0.25, 0.3) is 0 Å². The molecule has 0 aliphatic rings. The quantitative estimate of drug-likeness (QED) is 0.494.